The van der Waals surface area contributed by atoms with E-state index in [1.165, 1.54) is 30.6 Å². The number of ether oxygens (including phenoxy) is 1. The highest BCUT2D eigenvalue weighted by molar-refractivity contribution is 7.92. The third-order valence-electron chi connectivity index (χ3n) is 3.32. The number of para-hydroxylation sites is 1. The van der Waals surface area contributed by atoms with Gasteiger partial charge in [0, 0.05) is 6.54 Å². The van der Waals surface area contributed by atoms with Crippen molar-refractivity contribution in [1.82, 2.24) is 5.32 Å². The lowest BCUT2D eigenvalue weighted by Crippen LogP contribution is -2.38. The molecule has 1 amide bonds. The van der Waals surface area contributed by atoms with Gasteiger partial charge in [0.05, 0.1) is 36.0 Å². The second-order valence-electron chi connectivity index (χ2n) is 5.08. The van der Waals surface area contributed by atoms with Crippen LogP contribution in [0.25, 0.3) is 0 Å². The summed E-state index contributed by atoms with van der Waals surface area (Å²) < 4.78 is 30.1. The number of benzene rings is 1. The Bertz CT molecular complexity index is 847. The van der Waals surface area contributed by atoms with Crippen LogP contribution in [0.3, 0.4) is 0 Å². The minimum Gasteiger partial charge on any atom is -0.465 e. The van der Waals surface area contributed by atoms with Crippen LogP contribution >= 0.6 is 11.3 Å². The first kappa shape index (κ1) is 18.9. The van der Waals surface area contributed by atoms with E-state index in [1.54, 1.807) is 29.6 Å². The van der Waals surface area contributed by atoms with E-state index in [2.05, 4.69) is 5.32 Å². The number of methoxy groups -OCH3 is 1. The number of anilines is 1. The molecule has 9 heteroatoms. The van der Waals surface area contributed by atoms with Crippen molar-refractivity contribution in [2.45, 2.75) is 0 Å². The Kier molecular flexibility index (Phi) is 6.16. The number of esters is 1. The zero-order chi connectivity index (χ0) is 18.4. The van der Waals surface area contributed by atoms with Gasteiger partial charge in [-0.15, -0.1) is 11.3 Å². The van der Waals surface area contributed by atoms with Crippen molar-refractivity contribution in [2.75, 3.05) is 30.8 Å². The topological polar surface area (TPSA) is 92.8 Å². The first-order valence-corrected chi connectivity index (χ1v) is 10.0. The van der Waals surface area contributed by atoms with Crippen LogP contribution in [0.4, 0.5) is 5.69 Å². The van der Waals surface area contributed by atoms with Crippen LogP contribution in [0.1, 0.15) is 20.0 Å². The highest BCUT2D eigenvalue weighted by atomic mass is 32.2. The summed E-state index contributed by atoms with van der Waals surface area (Å²) in [5.74, 6) is -0.906. The molecule has 1 aromatic carbocycles. The average Bonchev–Trinajstić information content (AvgIpc) is 3.11. The van der Waals surface area contributed by atoms with Gasteiger partial charge < -0.3 is 10.1 Å². The van der Waals surface area contributed by atoms with Crippen LogP contribution in [0.15, 0.2) is 41.8 Å². The fourth-order valence-corrected chi connectivity index (χ4v) is 3.78. The van der Waals surface area contributed by atoms with Gasteiger partial charge in [0.2, 0.25) is 10.0 Å². The van der Waals surface area contributed by atoms with E-state index in [4.69, 9.17) is 4.74 Å². The molecule has 0 aliphatic heterocycles. The molecule has 0 spiro atoms. The Morgan fingerprint density at radius 3 is 2.52 bits per heavy atom. The molecule has 1 aromatic heterocycles. The molecule has 134 valence electrons. The Morgan fingerprint density at radius 2 is 1.92 bits per heavy atom. The van der Waals surface area contributed by atoms with Crippen LogP contribution in [0, 0.1) is 0 Å². The van der Waals surface area contributed by atoms with E-state index in [0.717, 1.165) is 10.6 Å². The number of carbonyl (C=O) groups excluding carboxylic acids is 2. The third-order valence-corrected chi connectivity index (χ3v) is 5.37. The van der Waals surface area contributed by atoms with E-state index in [-0.39, 0.29) is 30.2 Å². The third kappa shape index (κ3) is 4.80. The lowest BCUT2D eigenvalue weighted by Gasteiger charge is -2.24. The van der Waals surface area contributed by atoms with Crippen molar-refractivity contribution in [3.8, 4) is 0 Å². The van der Waals surface area contributed by atoms with Gasteiger partial charge in [-0.05, 0) is 23.6 Å². The molecule has 0 saturated carbocycles. The molecular formula is C16H18N2O5S2. The molecule has 1 N–H and O–H groups in total. The van der Waals surface area contributed by atoms with E-state index >= 15 is 0 Å². The predicted octanol–water partition coefficient (Wildman–Crippen LogP) is 1.73. The van der Waals surface area contributed by atoms with Crippen molar-refractivity contribution in [1.29, 1.82) is 0 Å². The normalized spacial score (nSPS) is 11.0. The van der Waals surface area contributed by atoms with Crippen LogP contribution in [-0.2, 0) is 14.8 Å². The molecule has 2 aromatic rings. The number of nitrogens with one attached hydrogen (secondary N) is 1. The van der Waals surface area contributed by atoms with Gasteiger partial charge in [-0.1, -0.05) is 18.2 Å². The van der Waals surface area contributed by atoms with Crippen molar-refractivity contribution in [3.63, 3.8) is 0 Å². The number of rotatable bonds is 7. The Labute approximate surface area is 150 Å². The fourth-order valence-electron chi connectivity index (χ4n) is 2.20. The van der Waals surface area contributed by atoms with Crippen LogP contribution in [0.2, 0.25) is 0 Å². The summed E-state index contributed by atoms with van der Waals surface area (Å²) in [4.78, 5) is 24.4. The lowest BCUT2D eigenvalue weighted by molar-refractivity contribution is 0.0601. The zero-order valence-electron chi connectivity index (χ0n) is 13.8. The number of sulfonamides is 1. The lowest BCUT2D eigenvalue weighted by atomic mass is 10.2. The number of hydrogen-bond acceptors (Lipinski definition) is 6. The Morgan fingerprint density at radius 1 is 1.20 bits per heavy atom. The van der Waals surface area contributed by atoms with Gasteiger partial charge in [0.1, 0.15) is 0 Å². The van der Waals surface area contributed by atoms with Crippen LogP contribution in [-0.4, -0.2) is 46.7 Å². The molecule has 0 fully saturated rings. The highest BCUT2D eigenvalue weighted by Gasteiger charge is 2.23. The molecule has 25 heavy (non-hydrogen) atoms. The predicted molar refractivity (Wildman–Crippen MR) is 96.6 cm³/mol. The largest absolute Gasteiger partial charge is 0.465 e. The highest BCUT2D eigenvalue weighted by Crippen LogP contribution is 2.23. The second-order valence-corrected chi connectivity index (χ2v) is 7.93. The Hall–Kier alpha value is -2.39. The minimum absolute atomic E-state index is 0.00996. The molecule has 1 heterocycles. The molecule has 0 saturated heterocycles. The standard InChI is InChI=1S/C16H18N2O5S2/c1-23-16(20)12-6-3-4-7-13(12)18(25(2,21)22)10-9-17-15(19)14-8-5-11-24-14/h3-8,11H,9-10H2,1-2H3,(H,17,19). The van der Waals surface area contributed by atoms with Gasteiger partial charge in [-0.3, -0.25) is 9.10 Å². The van der Waals surface area contributed by atoms with E-state index < -0.39 is 16.0 Å². The summed E-state index contributed by atoms with van der Waals surface area (Å²) >= 11 is 1.30. The second kappa shape index (κ2) is 8.13. The van der Waals surface area contributed by atoms with Gasteiger partial charge in [0.15, 0.2) is 0 Å². The maximum absolute atomic E-state index is 12.2. The zero-order valence-corrected chi connectivity index (χ0v) is 15.4. The molecule has 0 unspecified atom stereocenters. The van der Waals surface area contributed by atoms with Gasteiger partial charge in [-0.25, -0.2) is 13.2 Å². The van der Waals surface area contributed by atoms with Gasteiger partial charge >= 0.3 is 5.97 Å². The SMILES string of the molecule is COC(=O)c1ccccc1N(CCNC(=O)c1cccs1)S(C)(=O)=O. The van der Waals surface area contributed by atoms with Crippen LogP contribution in [0.5, 0.6) is 0 Å². The molecule has 0 aliphatic carbocycles. The quantitative estimate of drug-likeness (QED) is 0.736. The smallest absolute Gasteiger partial charge is 0.340 e. The monoisotopic (exact) mass is 382 g/mol. The molecule has 0 bridgehead atoms. The summed E-state index contributed by atoms with van der Waals surface area (Å²) in [6, 6.07) is 9.70. The summed E-state index contributed by atoms with van der Waals surface area (Å²) in [6.07, 6.45) is 1.04. The van der Waals surface area contributed by atoms with E-state index in [1.807, 2.05) is 0 Å². The number of thiophene rings is 1. The number of hydrogen-bond donors (Lipinski definition) is 1. The molecular weight excluding hydrogens is 364 g/mol. The maximum atomic E-state index is 12.2. The number of nitrogens with zero attached hydrogens (tertiary/aromatic N) is 1. The van der Waals surface area contributed by atoms with Gasteiger partial charge in [-0.2, -0.15) is 0 Å². The van der Waals surface area contributed by atoms with Gasteiger partial charge in [0.25, 0.3) is 5.91 Å². The van der Waals surface area contributed by atoms with Crippen molar-refractivity contribution in [2.24, 2.45) is 0 Å². The van der Waals surface area contributed by atoms with Crippen LogP contribution < -0.4 is 9.62 Å². The molecule has 0 atom stereocenters. The number of carbonyl (C=O) groups is 2. The molecule has 0 aliphatic rings. The van der Waals surface area contributed by atoms with E-state index in [9.17, 15) is 18.0 Å². The Balaban J connectivity index is 2.18. The van der Waals surface area contributed by atoms with Crippen molar-refractivity contribution in [3.05, 3.63) is 52.2 Å². The van der Waals surface area contributed by atoms with Crippen molar-refractivity contribution >= 4 is 38.9 Å². The number of amides is 1. The minimum atomic E-state index is -3.66. The van der Waals surface area contributed by atoms with E-state index in [0.29, 0.717) is 4.88 Å². The average molecular weight is 382 g/mol. The molecule has 7 nitrogen and oxygen atoms in total. The summed E-state index contributed by atoms with van der Waals surface area (Å²) in [6.45, 7) is 0.0866. The van der Waals surface area contributed by atoms with Crippen molar-refractivity contribution < 1.29 is 22.7 Å². The summed E-state index contributed by atoms with van der Waals surface area (Å²) in [5, 5.41) is 4.45. The first-order valence-electron chi connectivity index (χ1n) is 7.31. The molecule has 0 radical (unpaired) electrons. The fraction of sp³-hybridized carbons (Fsp3) is 0.250. The summed E-state index contributed by atoms with van der Waals surface area (Å²) in [5.41, 5.74) is 0.349. The molecule has 2 rings (SSSR count). The maximum Gasteiger partial charge on any atom is 0.340 e. The first-order chi connectivity index (χ1) is 11.8. The summed E-state index contributed by atoms with van der Waals surface area (Å²) in [7, 11) is -2.43.